The molecule has 2 saturated heterocycles. The molecule has 1 unspecified atom stereocenters. The van der Waals surface area contributed by atoms with Gasteiger partial charge < -0.3 is 10.2 Å². The summed E-state index contributed by atoms with van der Waals surface area (Å²) in [6.45, 7) is 6.21. The van der Waals surface area contributed by atoms with Crippen LogP contribution in [0.1, 0.15) is 31.2 Å². The van der Waals surface area contributed by atoms with Crippen LogP contribution in [0.15, 0.2) is 18.2 Å². The Kier molecular flexibility index (Phi) is 3.31. The van der Waals surface area contributed by atoms with Gasteiger partial charge >= 0.3 is 0 Å². The van der Waals surface area contributed by atoms with Gasteiger partial charge in [0.1, 0.15) is 0 Å². The van der Waals surface area contributed by atoms with Crippen molar-refractivity contribution in [1.82, 2.24) is 4.90 Å². The van der Waals surface area contributed by atoms with Gasteiger partial charge in [-0.3, -0.25) is 4.90 Å². The summed E-state index contributed by atoms with van der Waals surface area (Å²) >= 11 is 0. The van der Waals surface area contributed by atoms with Crippen molar-refractivity contribution in [3.8, 4) is 0 Å². The molecule has 1 atom stereocenters. The maximum absolute atomic E-state index is 3.52. The number of anilines is 2. The summed E-state index contributed by atoms with van der Waals surface area (Å²) in [5.74, 6) is 0. The van der Waals surface area contributed by atoms with Crippen molar-refractivity contribution in [2.75, 3.05) is 42.9 Å². The molecule has 3 aliphatic rings. The average molecular weight is 271 g/mol. The fraction of sp³-hybridized carbons (Fsp3) is 0.647. The van der Waals surface area contributed by atoms with Crippen molar-refractivity contribution in [3.05, 3.63) is 23.8 Å². The molecule has 1 aromatic rings. The largest absolute Gasteiger partial charge is 0.385 e. The van der Waals surface area contributed by atoms with Crippen molar-refractivity contribution in [1.29, 1.82) is 0 Å². The first kappa shape index (κ1) is 12.5. The lowest BCUT2D eigenvalue weighted by atomic mass is 10.0. The van der Waals surface area contributed by atoms with Gasteiger partial charge in [0, 0.05) is 43.6 Å². The van der Waals surface area contributed by atoms with Crippen LogP contribution in [0, 0.1) is 0 Å². The Morgan fingerprint density at radius 2 is 2.00 bits per heavy atom. The van der Waals surface area contributed by atoms with Gasteiger partial charge in [-0.2, -0.15) is 0 Å². The second kappa shape index (κ2) is 5.28. The minimum absolute atomic E-state index is 0.798. The van der Waals surface area contributed by atoms with Gasteiger partial charge in [0.25, 0.3) is 0 Å². The van der Waals surface area contributed by atoms with Crippen LogP contribution in [-0.2, 0) is 6.42 Å². The molecule has 1 aromatic carbocycles. The first-order chi connectivity index (χ1) is 9.90. The number of nitrogens with zero attached hydrogens (tertiary/aromatic N) is 2. The monoisotopic (exact) mass is 271 g/mol. The second-order valence-electron chi connectivity index (χ2n) is 6.50. The zero-order valence-electron chi connectivity index (χ0n) is 12.3. The summed E-state index contributed by atoms with van der Waals surface area (Å²) in [6, 6.07) is 7.85. The summed E-state index contributed by atoms with van der Waals surface area (Å²) in [6.07, 6.45) is 6.61. The normalized spacial score (nSPS) is 26.6. The van der Waals surface area contributed by atoms with Crippen LogP contribution < -0.4 is 10.2 Å². The number of hydrogen-bond donors (Lipinski definition) is 1. The van der Waals surface area contributed by atoms with E-state index in [1.807, 2.05) is 0 Å². The van der Waals surface area contributed by atoms with Gasteiger partial charge in [0.05, 0.1) is 0 Å². The predicted octanol–water partition coefficient (Wildman–Crippen LogP) is 2.72. The minimum atomic E-state index is 0.798. The first-order valence-electron chi connectivity index (χ1n) is 8.26. The molecule has 2 fully saturated rings. The smallest absolute Gasteiger partial charge is 0.0374 e. The molecule has 20 heavy (non-hydrogen) atoms. The fourth-order valence-electron chi connectivity index (χ4n) is 4.10. The molecule has 3 heterocycles. The predicted molar refractivity (Wildman–Crippen MR) is 84.7 cm³/mol. The summed E-state index contributed by atoms with van der Waals surface area (Å²) in [4.78, 5) is 5.34. The van der Waals surface area contributed by atoms with E-state index >= 15 is 0 Å². The third-order valence-electron chi connectivity index (χ3n) is 5.20. The van der Waals surface area contributed by atoms with Gasteiger partial charge in [0.15, 0.2) is 0 Å². The molecule has 108 valence electrons. The zero-order chi connectivity index (χ0) is 13.4. The van der Waals surface area contributed by atoms with E-state index in [0.717, 1.165) is 12.6 Å². The lowest BCUT2D eigenvalue weighted by Crippen LogP contribution is -2.36. The quantitative estimate of drug-likeness (QED) is 0.847. The van der Waals surface area contributed by atoms with E-state index in [4.69, 9.17) is 0 Å². The third-order valence-corrected chi connectivity index (χ3v) is 5.20. The van der Waals surface area contributed by atoms with E-state index in [1.54, 1.807) is 0 Å². The molecule has 3 heteroatoms. The second-order valence-corrected chi connectivity index (χ2v) is 6.50. The molecule has 0 aliphatic carbocycles. The molecule has 3 nitrogen and oxygen atoms in total. The molecule has 0 amide bonds. The number of hydrogen-bond acceptors (Lipinski definition) is 3. The number of nitrogens with one attached hydrogen (secondary N) is 1. The van der Waals surface area contributed by atoms with E-state index in [9.17, 15) is 0 Å². The molecule has 3 aliphatic heterocycles. The molecule has 0 radical (unpaired) electrons. The van der Waals surface area contributed by atoms with Crippen LogP contribution in [0.4, 0.5) is 11.4 Å². The summed E-state index contributed by atoms with van der Waals surface area (Å²) in [5.41, 5.74) is 4.32. The van der Waals surface area contributed by atoms with Gasteiger partial charge in [0.2, 0.25) is 0 Å². The van der Waals surface area contributed by atoms with Gasteiger partial charge in [-0.25, -0.2) is 0 Å². The molecule has 1 N–H and O–H groups in total. The number of fused-ring (bicyclic) bond motifs is 2. The maximum atomic E-state index is 3.52. The zero-order valence-corrected chi connectivity index (χ0v) is 12.3. The Morgan fingerprint density at radius 1 is 1.05 bits per heavy atom. The lowest BCUT2D eigenvalue weighted by molar-refractivity contribution is 0.273. The highest BCUT2D eigenvalue weighted by molar-refractivity contribution is 5.62. The van der Waals surface area contributed by atoms with Crippen molar-refractivity contribution in [2.45, 2.75) is 38.1 Å². The van der Waals surface area contributed by atoms with E-state index in [2.05, 4.69) is 33.3 Å². The Hall–Kier alpha value is -1.22. The number of rotatable bonds is 1. The highest BCUT2D eigenvalue weighted by atomic mass is 15.3. The maximum Gasteiger partial charge on any atom is 0.0374 e. The van der Waals surface area contributed by atoms with Crippen LogP contribution in [-0.4, -0.2) is 43.7 Å². The Morgan fingerprint density at radius 3 is 3.00 bits per heavy atom. The highest BCUT2D eigenvalue weighted by Gasteiger charge is 2.28. The van der Waals surface area contributed by atoms with Crippen molar-refractivity contribution in [3.63, 3.8) is 0 Å². The molecule has 0 saturated carbocycles. The third kappa shape index (κ3) is 2.28. The van der Waals surface area contributed by atoms with Crippen molar-refractivity contribution >= 4 is 11.4 Å². The number of benzene rings is 1. The van der Waals surface area contributed by atoms with Crippen LogP contribution >= 0.6 is 0 Å². The lowest BCUT2D eigenvalue weighted by Gasteiger charge is -2.29. The molecule has 0 bridgehead atoms. The summed E-state index contributed by atoms with van der Waals surface area (Å²) in [7, 11) is 0. The summed E-state index contributed by atoms with van der Waals surface area (Å²) < 4.78 is 0. The first-order valence-corrected chi connectivity index (χ1v) is 8.26. The molecule has 0 aromatic heterocycles. The van der Waals surface area contributed by atoms with E-state index in [1.165, 1.54) is 75.2 Å². The van der Waals surface area contributed by atoms with Crippen molar-refractivity contribution in [2.24, 2.45) is 0 Å². The SMILES string of the molecule is c1cc2c(cc1N1CCCN3CCCC3C1)CCCN2. The van der Waals surface area contributed by atoms with Crippen LogP contribution in [0.2, 0.25) is 0 Å². The molecular weight excluding hydrogens is 246 g/mol. The molecule has 4 rings (SSSR count). The van der Waals surface area contributed by atoms with Gasteiger partial charge in [-0.1, -0.05) is 0 Å². The molecule has 0 spiro atoms. The Bertz CT molecular complexity index is 485. The van der Waals surface area contributed by atoms with Crippen LogP contribution in [0.25, 0.3) is 0 Å². The van der Waals surface area contributed by atoms with Crippen LogP contribution in [0.3, 0.4) is 0 Å². The van der Waals surface area contributed by atoms with Gasteiger partial charge in [-0.05, 0) is 62.4 Å². The molecular formula is C17H25N3. The standard InChI is InChI=1S/C17H25N3/c1-4-14-12-15(6-7-17(14)18-8-1)20-11-3-10-19-9-2-5-16(19)13-20/h6-7,12,16,18H,1-5,8-11,13H2. The Labute approximate surface area is 121 Å². The topological polar surface area (TPSA) is 18.5 Å². The van der Waals surface area contributed by atoms with Crippen LogP contribution in [0.5, 0.6) is 0 Å². The highest BCUT2D eigenvalue weighted by Crippen LogP contribution is 2.29. The van der Waals surface area contributed by atoms with E-state index < -0.39 is 0 Å². The van der Waals surface area contributed by atoms with Crippen molar-refractivity contribution < 1.29 is 0 Å². The summed E-state index contributed by atoms with van der Waals surface area (Å²) in [5, 5.41) is 3.52. The number of aryl methyl sites for hydroxylation is 1. The van der Waals surface area contributed by atoms with Gasteiger partial charge in [-0.15, -0.1) is 0 Å². The average Bonchev–Trinajstić information content (AvgIpc) is 2.84. The van der Waals surface area contributed by atoms with E-state index in [-0.39, 0.29) is 0 Å². The fourth-order valence-corrected chi connectivity index (χ4v) is 4.10. The Balaban J connectivity index is 1.56. The minimum Gasteiger partial charge on any atom is -0.385 e. The van der Waals surface area contributed by atoms with E-state index in [0.29, 0.717) is 0 Å².